The molecule has 2 saturated heterocycles. The number of morpholine rings is 2. The molecule has 4 rings (SSSR count). The van der Waals surface area contributed by atoms with Gasteiger partial charge in [-0.05, 0) is 48.4 Å². The molecule has 0 amide bonds. The van der Waals surface area contributed by atoms with Crippen LogP contribution in [0.4, 0.5) is 17.6 Å². The van der Waals surface area contributed by atoms with Crippen LogP contribution in [0.3, 0.4) is 0 Å². The van der Waals surface area contributed by atoms with Gasteiger partial charge in [0.1, 0.15) is 0 Å². The zero-order chi connectivity index (χ0) is 28.0. The highest BCUT2D eigenvalue weighted by atomic mass is 32.2. The Morgan fingerprint density at radius 2 is 1.51 bits per heavy atom. The zero-order valence-corrected chi connectivity index (χ0v) is 21.6. The van der Waals surface area contributed by atoms with E-state index in [1.807, 2.05) is 6.07 Å². The molecule has 2 aromatic carbocycles. The van der Waals surface area contributed by atoms with Gasteiger partial charge in [-0.2, -0.15) is 22.8 Å². The van der Waals surface area contributed by atoms with Crippen molar-refractivity contribution in [2.45, 2.75) is 36.7 Å². The molecule has 0 spiro atoms. The summed E-state index contributed by atoms with van der Waals surface area (Å²) >= 11 is 0. The Balaban J connectivity index is 1.25. The minimum Gasteiger partial charge on any atom is -0.431 e. The molecule has 2 bridgehead atoms. The molecule has 1 N–H and O–H groups in total. The van der Waals surface area contributed by atoms with Crippen LogP contribution < -0.4 is 14.2 Å². The Morgan fingerprint density at radius 1 is 0.923 bits per heavy atom. The normalized spacial score (nSPS) is 20.2. The third-order valence-corrected chi connectivity index (χ3v) is 7.88. The molecule has 2 heterocycles. The highest BCUT2D eigenvalue weighted by molar-refractivity contribution is 7.89. The van der Waals surface area contributed by atoms with Crippen molar-refractivity contribution in [1.29, 1.82) is 5.26 Å². The highest BCUT2D eigenvalue weighted by Gasteiger charge is 2.34. The molecule has 9 nitrogen and oxygen atoms in total. The molecule has 39 heavy (non-hydrogen) atoms. The number of nitrogens with zero attached hydrogens (tertiary/aromatic N) is 3. The molecule has 2 aromatic rings. The fourth-order valence-corrected chi connectivity index (χ4v) is 5.75. The molecule has 2 atom stereocenters. The van der Waals surface area contributed by atoms with Gasteiger partial charge in [-0.25, -0.2) is 13.1 Å². The van der Waals surface area contributed by atoms with Gasteiger partial charge in [-0.1, -0.05) is 6.07 Å². The summed E-state index contributed by atoms with van der Waals surface area (Å²) in [6.45, 7) is -2.49. The predicted molar refractivity (Wildman–Crippen MR) is 131 cm³/mol. The van der Waals surface area contributed by atoms with E-state index in [0.717, 1.165) is 0 Å². The van der Waals surface area contributed by atoms with Crippen molar-refractivity contribution in [2.75, 3.05) is 45.8 Å². The number of ether oxygens (including phenoxy) is 3. The Hall–Kier alpha value is -2.96. The summed E-state index contributed by atoms with van der Waals surface area (Å²) in [7, 11) is -3.69. The van der Waals surface area contributed by atoms with Crippen LogP contribution >= 0.6 is 0 Å². The fraction of sp³-hybridized carbons (Fsp3) is 0.480. The lowest BCUT2D eigenvalue weighted by molar-refractivity contribution is -0.137. The van der Waals surface area contributed by atoms with Gasteiger partial charge in [0.25, 0.3) is 0 Å². The number of sulfonamides is 1. The second-order valence-corrected chi connectivity index (χ2v) is 11.0. The van der Waals surface area contributed by atoms with Gasteiger partial charge in [-0.15, -0.1) is 0 Å². The van der Waals surface area contributed by atoms with E-state index in [1.165, 1.54) is 42.5 Å². The Labute approximate surface area is 223 Å². The number of alkyl halides is 4. The Morgan fingerprint density at radius 3 is 2.10 bits per heavy atom. The lowest BCUT2D eigenvalue weighted by atomic mass is 10.1. The maximum Gasteiger partial charge on any atom is 0.387 e. The third kappa shape index (κ3) is 8.26. The van der Waals surface area contributed by atoms with E-state index in [1.54, 1.807) is 0 Å². The maximum absolute atomic E-state index is 12.7. The van der Waals surface area contributed by atoms with Crippen LogP contribution in [0, 0.1) is 11.3 Å². The highest BCUT2D eigenvalue weighted by Crippen LogP contribution is 2.31. The molecular weight excluding hydrogens is 544 g/mol. The smallest absolute Gasteiger partial charge is 0.387 e. The number of nitriles is 1. The molecule has 2 unspecified atom stereocenters. The van der Waals surface area contributed by atoms with Crippen molar-refractivity contribution in [3.8, 4) is 17.6 Å². The van der Waals surface area contributed by atoms with E-state index in [2.05, 4.69) is 24.0 Å². The van der Waals surface area contributed by atoms with Gasteiger partial charge in [0.05, 0.1) is 28.7 Å². The summed E-state index contributed by atoms with van der Waals surface area (Å²) < 4.78 is 92.8. The quantitative estimate of drug-likeness (QED) is 0.388. The first-order valence-corrected chi connectivity index (χ1v) is 13.7. The standard InChI is InChI=1S/C25H28F4N4O5S/c26-24(27)37-22-6-3-17(11-23(22)38-25(28)29)7-9-32-13-19-15-33(16-20(14-32)36-19)10-8-31-39(34,35)21-4-1-18(12-30)2-5-21/h1-6,11,19-20,24-25,31H,7-10,13-16H2. The van der Waals surface area contributed by atoms with Crippen LogP contribution in [0.1, 0.15) is 11.1 Å². The van der Waals surface area contributed by atoms with Gasteiger partial charge in [-0.3, -0.25) is 9.80 Å². The average Bonchev–Trinajstić information content (AvgIpc) is 2.87. The second kappa shape index (κ2) is 12.9. The maximum atomic E-state index is 12.7. The first-order chi connectivity index (χ1) is 18.6. The molecule has 2 aliphatic heterocycles. The molecule has 14 heteroatoms. The summed E-state index contributed by atoms with van der Waals surface area (Å²) in [5.74, 6) is -0.888. The van der Waals surface area contributed by atoms with E-state index in [0.29, 0.717) is 56.8 Å². The van der Waals surface area contributed by atoms with Crippen molar-refractivity contribution in [3.63, 3.8) is 0 Å². The number of fused-ring (bicyclic) bond motifs is 2. The topological polar surface area (TPSA) is 104 Å². The predicted octanol–water partition coefficient (Wildman–Crippen LogP) is 2.67. The van der Waals surface area contributed by atoms with Crippen molar-refractivity contribution in [2.24, 2.45) is 0 Å². The average molecular weight is 573 g/mol. The monoisotopic (exact) mass is 572 g/mol. The van der Waals surface area contributed by atoms with Gasteiger partial charge >= 0.3 is 13.2 Å². The summed E-state index contributed by atoms with van der Waals surface area (Å²) in [5, 5.41) is 8.87. The van der Waals surface area contributed by atoms with Crippen molar-refractivity contribution in [1.82, 2.24) is 14.5 Å². The van der Waals surface area contributed by atoms with Crippen molar-refractivity contribution < 1.29 is 40.2 Å². The first kappa shape index (κ1) is 29.0. The lowest BCUT2D eigenvalue weighted by Crippen LogP contribution is -2.60. The molecule has 0 radical (unpaired) electrons. The molecule has 212 valence electrons. The zero-order valence-electron chi connectivity index (χ0n) is 20.8. The second-order valence-electron chi connectivity index (χ2n) is 9.22. The van der Waals surface area contributed by atoms with Crippen LogP contribution in [0.5, 0.6) is 11.5 Å². The lowest BCUT2D eigenvalue weighted by Gasteiger charge is -2.46. The minimum atomic E-state index is -3.69. The van der Waals surface area contributed by atoms with Crippen LogP contribution in [-0.4, -0.2) is 89.5 Å². The van der Waals surface area contributed by atoms with Gasteiger partial charge in [0, 0.05) is 45.8 Å². The third-order valence-electron chi connectivity index (χ3n) is 6.40. The van der Waals surface area contributed by atoms with Gasteiger partial charge < -0.3 is 14.2 Å². The molecule has 0 aromatic heterocycles. The molecule has 0 saturated carbocycles. The first-order valence-electron chi connectivity index (χ1n) is 12.2. The SMILES string of the molecule is N#Cc1ccc(S(=O)(=O)NCCN2CC3CN(CCc4ccc(OC(F)F)c(OC(F)F)c4)CC(C2)O3)cc1. The number of benzene rings is 2. The number of hydrogen-bond acceptors (Lipinski definition) is 8. The van der Waals surface area contributed by atoms with Crippen LogP contribution in [0.2, 0.25) is 0 Å². The summed E-state index contributed by atoms with van der Waals surface area (Å²) in [5.41, 5.74) is 1.02. The number of nitrogens with one attached hydrogen (secondary N) is 1. The minimum absolute atomic E-state index is 0.0767. The molecule has 0 aliphatic carbocycles. The summed E-state index contributed by atoms with van der Waals surface area (Å²) in [6, 6.07) is 11.7. The Bertz CT molecular complexity index is 1250. The van der Waals surface area contributed by atoms with Crippen molar-refractivity contribution in [3.05, 3.63) is 53.6 Å². The van der Waals surface area contributed by atoms with E-state index in [9.17, 15) is 26.0 Å². The van der Waals surface area contributed by atoms with Gasteiger partial charge in [0.15, 0.2) is 11.5 Å². The molecule has 2 aliphatic rings. The van der Waals surface area contributed by atoms with Crippen LogP contribution in [0.15, 0.2) is 47.4 Å². The van der Waals surface area contributed by atoms with E-state index in [-0.39, 0.29) is 23.6 Å². The fourth-order valence-electron chi connectivity index (χ4n) is 4.73. The number of rotatable bonds is 12. The van der Waals surface area contributed by atoms with Crippen LogP contribution in [0.25, 0.3) is 0 Å². The largest absolute Gasteiger partial charge is 0.431 e. The Kier molecular flexibility index (Phi) is 9.62. The van der Waals surface area contributed by atoms with Crippen molar-refractivity contribution >= 4 is 10.0 Å². The number of hydrogen-bond donors (Lipinski definition) is 1. The van der Waals surface area contributed by atoms with Gasteiger partial charge in [0.2, 0.25) is 10.0 Å². The summed E-state index contributed by atoms with van der Waals surface area (Å²) in [4.78, 5) is 4.44. The molecular formula is C25H28F4N4O5S. The van der Waals surface area contributed by atoms with E-state index in [4.69, 9.17) is 10.00 Å². The van der Waals surface area contributed by atoms with E-state index >= 15 is 0 Å². The summed E-state index contributed by atoms with van der Waals surface area (Å²) in [6.07, 6.45) is 0.328. The van der Waals surface area contributed by atoms with Crippen LogP contribution in [-0.2, 0) is 21.2 Å². The molecule has 2 fully saturated rings. The number of halogens is 4. The van der Waals surface area contributed by atoms with E-state index < -0.39 is 34.7 Å².